The summed E-state index contributed by atoms with van der Waals surface area (Å²) < 4.78 is 9.10. The van der Waals surface area contributed by atoms with E-state index in [1.54, 1.807) is 11.3 Å². The first-order valence-electron chi connectivity index (χ1n) is 14.7. The maximum absolute atomic E-state index is 12.7. The lowest BCUT2D eigenvalue weighted by Crippen LogP contribution is -2.28. The third-order valence-corrected chi connectivity index (χ3v) is 9.06. The van der Waals surface area contributed by atoms with Crippen LogP contribution < -0.4 is 0 Å². The Labute approximate surface area is 265 Å². The SMILES string of the molecule is Cc1cc2nc(C3=CC(c4ccc5c(cnn5C(C)C)c4)=NCC3)sc2c(-c2ccc(Cl)cc2)c1[C@H](OC(C)(C)C)C(=O)O. The molecule has 1 aliphatic rings. The number of carboxylic acids is 1. The number of aromatic nitrogens is 3. The first kappa shape index (κ1) is 30.2. The number of aliphatic imine (C=N–C) groups is 1. The highest BCUT2D eigenvalue weighted by Crippen LogP contribution is 2.44. The van der Waals surface area contributed by atoms with Gasteiger partial charge in [0.1, 0.15) is 5.01 Å². The van der Waals surface area contributed by atoms with Crippen LogP contribution in [0.2, 0.25) is 5.02 Å². The lowest BCUT2D eigenvalue weighted by atomic mass is 9.91. The van der Waals surface area contributed by atoms with Crippen molar-refractivity contribution in [2.24, 2.45) is 4.99 Å². The average molecular weight is 627 g/mol. The predicted molar refractivity (Wildman–Crippen MR) is 180 cm³/mol. The first-order chi connectivity index (χ1) is 20.9. The number of ether oxygens (including phenoxy) is 1. The summed E-state index contributed by atoms with van der Waals surface area (Å²) in [5.41, 5.74) is 7.46. The van der Waals surface area contributed by atoms with E-state index in [-0.39, 0.29) is 6.04 Å². The van der Waals surface area contributed by atoms with Crippen molar-refractivity contribution in [2.75, 3.05) is 6.54 Å². The number of allylic oxidation sites excluding steroid dienone is 1. The van der Waals surface area contributed by atoms with Crippen LogP contribution >= 0.6 is 22.9 Å². The Balaban J connectivity index is 1.48. The molecule has 0 bridgehead atoms. The van der Waals surface area contributed by atoms with Gasteiger partial charge < -0.3 is 9.84 Å². The fourth-order valence-electron chi connectivity index (χ4n) is 5.72. The number of aliphatic carboxylic acids is 1. The van der Waals surface area contributed by atoms with Crippen molar-refractivity contribution in [3.63, 3.8) is 0 Å². The topological polar surface area (TPSA) is 89.6 Å². The van der Waals surface area contributed by atoms with E-state index < -0.39 is 17.7 Å². The highest BCUT2D eigenvalue weighted by Gasteiger charge is 2.32. The van der Waals surface area contributed by atoms with Crippen molar-refractivity contribution in [3.05, 3.63) is 87.5 Å². The number of aryl methyl sites for hydroxylation is 1. The molecule has 3 aromatic carbocycles. The summed E-state index contributed by atoms with van der Waals surface area (Å²) in [6, 6.07) is 16.1. The minimum atomic E-state index is -1.15. The van der Waals surface area contributed by atoms with E-state index in [2.05, 4.69) is 43.2 Å². The minimum absolute atomic E-state index is 0.281. The maximum Gasteiger partial charge on any atom is 0.337 e. The molecule has 1 aliphatic heterocycles. The molecule has 0 radical (unpaired) electrons. The van der Waals surface area contributed by atoms with Gasteiger partial charge in [-0.2, -0.15) is 5.10 Å². The van der Waals surface area contributed by atoms with Gasteiger partial charge in [0.15, 0.2) is 6.10 Å². The fraction of sp³-hybridized carbons (Fsp3) is 0.314. The molecule has 1 atom stereocenters. The van der Waals surface area contributed by atoms with Crippen molar-refractivity contribution < 1.29 is 14.6 Å². The number of fused-ring (bicyclic) bond motifs is 2. The number of carbonyl (C=O) groups is 1. The van der Waals surface area contributed by atoms with E-state index in [4.69, 9.17) is 26.3 Å². The number of hydrogen-bond donors (Lipinski definition) is 1. The van der Waals surface area contributed by atoms with Gasteiger partial charge in [0, 0.05) is 39.7 Å². The van der Waals surface area contributed by atoms with Crippen LogP contribution in [0.25, 0.3) is 37.8 Å². The van der Waals surface area contributed by atoms with Crippen LogP contribution in [-0.2, 0) is 9.53 Å². The third-order valence-electron chi connectivity index (χ3n) is 7.65. The second kappa shape index (κ2) is 11.6. The number of hydrogen-bond acceptors (Lipinski definition) is 6. The molecule has 0 unspecified atom stereocenters. The van der Waals surface area contributed by atoms with Crippen LogP contribution in [0.1, 0.15) is 74.9 Å². The number of rotatable bonds is 7. The zero-order chi connectivity index (χ0) is 31.3. The molecule has 7 nitrogen and oxygen atoms in total. The number of dihydropyridines is 1. The molecule has 0 aliphatic carbocycles. The van der Waals surface area contributed by atoms with E-state index >= 15 is 0 Å². The smallest absolute Gasteiger partial charge is 0.337 e. The van der Waals surface area contributed by atoms with Gasteiger partial charge in [0.2, 0.25) is 0 Å². The molecule has 0 saturated heterocycles. The standard InChI is InChI=1S/C35H35ClN4O3S/c1-19(2)40-28-12-9-22(16-24(28)18-38-40)26-17-23(13-14-37-26)33-39-27-15-20(3)29(31(34(41)42)43-35(4,5)6)30(32(27)44-33)21-7-10-25(36)11-8-21/h7-12,15-19,31H,13-14H2,1-6H3,(H,41,42)/t31-/m0/s1. The second-order valence-corrected chi connectivity index (χ2v) is 13.9. The van der Waals surface area contributed by atoms with Crippen molar-refractivity contribution in [2.45, 2.75) is 65.7 Å². The lowest BCUT2D eigenvalue weighted by Gasteiger charge is -2.28. The largest absolute Gasteiger partial charge is 0.479 e. The number of thiazole rings is 1. The predicted octanol–water partition coefficient (Wildman–Crippen LogP) is 9.07. The minimum Gasteiger partial charge on any atom is -0.479 e. The van der Waals surface area contributed by atoms with Gasteiger partial charge in [-0.25, -0.2) is 9.78 Å². The number of carboxylic acid groups (broad SMARTS) is 1. The molecule has 0 saturated carbocycles. The molecule has 5 aromatic rings. The highest BCUT2D eigenvalue weighted by molar-refractivity contribution is 7.20. The van der Waals surface area contributed by atoms with E-state index in [0.717, 1.165) is 66.1 Å². The van der Waals surface area contributed by atoms with Crippen LogP contribution in [0.5, 0.6) is 0 Å². The fourth-order valence-corrected chi connectivity index (χ4v) is 7.02. The molecule has 2 aromatic heterocycles. The summed E-state index contributed by atoms with van der Waals surface area (Å²) in [5, 5.41) is 17.5. The Kier molecular flexibility index (Phi) is 7.94. The lowest BCUT2D eigenvalue weighted by molar-refractivity contribution is -0.160. The zero-order valence-electron chi connectivity index (χ0n) is 25.7. The van der Waals surface area contributed by atoms with Crippen molar-refractivity contribution in [3.8, 4) is 11.1 Å². The molecular formula is C35H35ClN4O3S. The van der Waals surface area contributed by atoms with E-state index in [1.165, 1.54) is 0 Å². The van der Waals surface area contributed by atoms with Gasteiger partial charge in [-0.3, -0.25) is 9.67 Å². The summed E-state index contributed by atoms with van der Waals surface area (Å²) >= 11 is 7.83. The molecule has 1 N–H and O–H groups in total. The molecule has 226 valence electrons. The van der Waals surface area contributed by atoms with Gasteiger partial charge in [-0.1, -0.05) is 29.8 Å². The van der Waals surface area contributed by atoms with Crippen LogP contribution in [0.3, 0.4) is 0 Å². The Bertz CT molecular complexity index is 1960. The number of halogens is 1. The molecule has 0 fully saturated rings. The molecule has 0 spiro atoms. The van der Waals surface area contributed by atoms with Crippen molar-refractivity contribution >= 4 is 61.3 Å². The van der Waals surface area contributed by atoms with Crippen LogP contribution in [0.15, 0.2) is 65.8 Å². The Morgan fingerprint density at radius 2 is 1.82 bits per heavy atom. The summed E-state index contributed by atoms with van der Waals surface area (Å²) in [5.74, 6) is -1.03. The average Bonchev–Trinajstić information content (AvgIpc) is 3.59. The van der Waals surface area contributed by atoms with E-state index in [0.29, 0.717) is 17.1 Å². The molecule has 6 rings (SSSR count). The van der Waals surface area contributed by atoms with Crippen LogP contribution in [-0.4, -0.2) is 43.7 Å². The summed E-state index contributed by atoms with van der Waals surface area (Å²) in [4.78, 5) is 22.6. The maximum atomic E-state index is 12.7. The highest BCUT2D eigenvalue weighted by atomic mass is 35.5. The summed E-state index contributed by atoms with van der Waals surface area (Å²) in [6.07, 6.45) is 3.66. The van der Waals surface area contributed by atoms with Gasteiger partial charge in [0.25, 0.3) is 0 Å². The van der Waals surface area contributed by atoms with E-state index in [1.807, 2.05) is 68.9 Å². The van der Waals surface area contributed by atoms with Crippen LogP contribution in [0.4, 0.5) is 0 Å². The second-order valence-electron chi connectivity index (χ2n) is 12.4. The molecule has 44 heavy (non-hydrogen) atoms. The van der Waals surface area contributed by atoms with Gasteiger partial charge in [-0.05, 0) is 101 Å². The van der Waals surface area contributed by atoms with Crippen molar-refractivity contribution in [1.29, 1.82) is 0 Å². The molecule has 0 amide bonds. The van der Waals surface area contributed by atoms with E-state index in [9.17, 15) is 9.90 Å². The zero-order valence-corrected chi connectivity index (χ0v) is 27.3. The molecule has 9 heteroatoms. The van der Waals surface area contributed by atoms with Crippen LogP contribution in [0, 0.1) is 6.92 Å². The Hall–Kier alpha value is -3.85. The van der Waals surface area contributed by atoms with Crippen molar-refractivity contribution in [1.82, 2.24) is 14.8 Å². The van der Waals surface area contributed by atoms with Gasteiger partial charge >= 0.3 is 5.97 Å². The first-order valence-corrected chi connectivity index (χ1v) is 15.9. The summed E-state index contributed by atoms with van der Waals surface area (Å²) in [7, 11) is 0. The monoisotopic (exact) mass is 626 g/mol. The number of nitrogens with zero attached hydrogens (tertiary/aromatic N) is 4. The third kappa shape index (κ3) is 5.82. The van der Waals surface area contributed by atoms with Gasteiger partial charge in [-0.15, -0.1) is 11.3 Å². The quantitative estimate of drug-likeness (QED) is 0.195. The Morgan fingerprint density at radius 3 is 2.50 bits per heavy atom. The summed E-state index contributed by atoms with van der Waals surface area (Å²) in [6.45, 7) is 12.4. The normalized spacial score (nSPS) is 14.7. The Morgan fingerprint density at radius 1 is 1.09 bits per heavy atom. The molecular weight excluding hydrogens is 592 g/mol. The number of benzene rings is 3. The van der Waals surface area contributed by atoms with Gasteiger partial charge in [0.05, 0.1) is 33.2 Å². The molecule has 3 heterocycles.